The van der Waals surface area contributed by atoms with Gasteiger partial charge in [-0.25, -0.2) is 0 Å². The molecule has 0 heterocycles. The molecular weight excluding hydrogens is 246 g/mol. The molecule has 106 valence electrons. The van der Waals surface area contributed by atoms with Crippen LogP contribution >= 0.6 is 0 Å². The predicted octanol–water partition coefficient (Wildman–Crippen LogP) is 5.04. The Morgan fingerprint density at radius 2 is 1.85 bits per heavy atom. The normalized spacial score (nSPS) is 12.1. The van der Waals surface area contributed by atoms with Crippen molar-refractivity contribution < 1.29 is 5.11 Å². The van der Waals surface area contributed by atoms with Gasteiger partial charge in [-0.3, -0.25) is 0 Å². The summed E-state index contributed by atoms with van der Waals surface area (Å²) in [6.45, 7) is 4.23. The number of hydrogen-bond donors (Lipinski definition) is 2. The number of rotatable bonds is 6. The molecule has 0 amide bonds. The highest BCUT2D eigenvalue weighted by atomic mass is 16.3. The maximum absolute atomic E-state index is 9.50. The minimum absolute atomic E-state index is 0.317. The van der Waals surface area contributed by atoms with Crippen molar-refractivity contribution in [3.8, 4) is 5.75 Å². The summed E-state index contributed by atoms with van der Waals surface area (Å²) in [5, 5.41) is 13.1. The first-order valence-corrected chi connectivity index (χ1v) is 7.32. The van der Waals surface area contributed by atoms with Crippen molar-refractivity contribution in [2.24, 2.45) is 0 Å². The Balaban J connectivity index is 2.19. The van der Waals surface area contributed by atoms with Crippen molar-refractivity contribution in [2.45, 2.75) is 39.2 Å². The third-order valence-electron chi connectivity index (χ3n) is 3.59. The van der Waals surface area contributed by atoms with E-state index < -0.39 is 0 Å². The fraction of sp³-hybridized carbons (Fsp3) is 0.333. The summed E-state index contributed by atoms with van der Waals surface area (Å²) in [5.74, 6) is 0.317. The minimum atomic E-state index is 0.317. The van der Waals surface area contributed by atoms with E-state index in [1.807, 2.05) is 19.1 Å². The Kier molecular flexibility index (Phi) is 5.05. The molecule has 2 aromatic carbocycles. The Morgan fingerprint density at radius 1 is 1.10 bits per heavy atom. The largest absolute Gasteiger partial charge is 0.508 e. The van der Waals surface area contributed by atoms with Crippen molar-refractivity contribution in [2.75, 3.05) is 5.32 Å². The highest BCUT2D eigenvalue weighted by Crippen LogP contribution is 2.28. The number of benzene rings is 2. The van der Waals surface area contributed by atoms with E-state index >= 15 is 0 Å². The van der Waals surface area contributed by atoms with Crippen LogP contribution in [0.5, 0.6) is 5.75 Å². The van der Waals surface area contributed by atoms with Crippen molar-refractivity contribution in [1.29, 1.82) is 0 Å². The zero-order chi connectivity index (χ0) is 14.4. The van der Waals surface area contributed by atoms with E-state index in [0.29, 0.717) is 11.8 Å². The minimum Gasteiger partial charge on any atom is -0.508 e. The van der Waals surface area contributed by atoms with Crippen LogP contribution < -0.4 is 5.32 Å². The van der Waals surface area contributed by atoms with Crippen LogP contribution in [0.2, 0.25) is 0 Å². The Morgan fingerprint density at radius 3 is 2.50 bits per heavy atom. The summed E-state index contributed by atoms with van der Waals surface area (Å²) in [7, 11) is 0. The van der Waals surface area contributed by atoms with Crippen LogP contribution in [-0.2, 0) is 0 Å². The molecule has 0 aliphatic carbocycles. The van der Waals surface area contributed by atoms with Crippen molar-refractivity contribution >= 4 is 5.69 Å². The van der Waals surface area contributed by atoms with Gasteiger partial charge in [-0.05, 0) is 42.7 Å². The molecule has 1 atom stereocenters. The average molecular weight is 269 g/mol. The topological polar surface area (TPSA) is 32.3 Å². The Bertz CT molecular complexity index is 536. The molecule has 1 unspecified atom stereocenters. The van der Waals surface area contributed by atoms with Crippen LogP contribution in [0.1, 0.15) is 43.4 Å². The van der Waals surface area contributed by atoms with Crippen LogP contribution in [0.4, 0.5) is 5.69 Å². The summed E-state index contributed by atoms with van der Waals surface area (Å²) in [6, 6.07) is 16.4. The summed E-state index contributed by atoms with van der Waals surface area (Å²) in [6.07, 6.45) is 3.50. The molecule has 0 aliphatic heterocycles. The van der Waals surface area contributed by atoms with Crippen molar-refractivity contribution in [3.05, 3.63) is 59.7 Å². The summed E-state index contributed by atoms with van der Waals surface area (Å²) < 4.78 is 0. The van der Waals surface area contributed by atoms with Crippen LogP contribution in [0, 0.1) is 6.92 Å². The third kappa shape index (κ3) is 3.77. The van der Waals surface area contributed by atoms with Crippen LogP contribution in [0.15, 0.2) is 48.5 Å². The molecule has 0 saturated carbocycles. The molecule has 0 spiro atoms. The molecule has 0 saturated heterocycles. The van der Waals surface area contributed by atoms with E-state index in [2.05, 4.69) is 36.5 Å². The second-order valence-electron chi connectivity index (χ2n) is 5.25. The van der Waals surface area contributed by atoms with Crippen LogP contribution in [0.25, 0.3) is 0 Å². The zero-order valence-corrected chi connectivity index (χ0v) is 12.3. The molecule has 0 fully saturated rings. The number of phenols is 1. The lowest BCUT2D eigenvalue weighted by atomic mass is 10.0. The summed E-state index contributed by atoms with van der Waals surface area (Å²) >= 11 is 0. The number of phenolic OH excluding ortho intramolecular Hbond substituents is 1. The average Bonchev–Trinajstić information content (AvgIpc) is 2.46. The van der Waals surface area contributed by atoms with E-state index in [4.69, 9.17) is 0 Å². The highest BCUT2D eigenvalue weighted by molar-refractivity contribution is 5.54. The second-order valence-corrected chi connectivity index (χ2v) is 5.25. The molecule has 2 heteroatoms. The maximum atomic E-state index is 9.50. The third-order valence-corrected chi connectivity index (χ3v) is 3.59. The van der Waals surface area contributed by atoms with Gasteiger partial charge in [0.2, 0.25) is 0 Å². The van der Waals surface area contributed by atoms with Crippen LogP contribution in [0.3, 0.4) is 0 Å². The lowest BCUT2D eigenvalue weighted by Gasteiger charge is -2.21. The van der Waals surface area contributed by atoms with Crippen molar-refractivity contribution in [3.63, 3.8) is 0 Å². The van der Waals surface area contributed by atoms with Gasteiger partial charge in [0.15, 0.2) is 0 Å². The monoisotopic (exact) mass is 269 g/mol. The quantitative estimate of drug-likeness (QED) is 0.720. The van der Waals surface area contributed by atoms with Gasteiger partial charge in [0, 0.05) is 5.69 Å². The molecule has 0 bridgehead atoms. The van der Waals surface area contributed by atoms with Gasteiger partial charge in [-0.15, -0.1) is 0 Å². The van der Waals surface area contributed by atoms with Gasteiger partial charge in [0.25, 0.3) is 0 Å². The predicted molar refractivity (Wildman–Crippen MR) is 85.2 cm³/mol. The first-order valence-electron chi connectivity index (χ1n) is 7.32. The van der Waals surface area contributed by atoms with E-state index in [9.17, 15) is 5.11 Å². The van der Waals surface area contributed by atoms with Gasteiger partial charge in [0.1, 0.15) is 5.75 Å². The fourth-order valence-electron chi connectivity index (χ4n) is 2.41. The molecule has 0 aromatic heterocycles. The zero-order valence-electron chi connectivity index (χ0n) is 12.3. The van der Waals surface area contributed by atoms with Gasteiger partial charge in [0.05, 0.1) is 6.04 Å². The smallest absolute Gasteiger partial charge is 0.115 e. The Hall–Kier alpha value is -1.96. The number of aromatic hydroxyl groups is 1. The molecule has 20 heavy (non-hydrogen) atoms. The second kappa shape index (κ2) is 6.99. The van der Waals surface area contributed by atoms with E-state index in [1.165, 1.54) is 18.4 Å². The lowest BCUT2D eigenvalue weighted by molar-refractivity contribution is 0.475. The molecule has 0 aliphatic rings. The number of anilines is 1. The molecule has 2 rings (SSSR count). The molecular formula is C18H23NO. The lowest BCUT2D eigenvalue weighted by Crippen LogP contribution is -2.11. The maximum Gasteiger partial charge on any atom is 0.115 e. The first-order chi connectivity index (χ1) is 9.70. The fourth-order valence-corrected chi connectivity index (χ4v) is 2.41. The highest BCUT2D eigenvalue weighted by Gasteiger charge is 2.11. The van der Waals surface area contributed by atoms with E-state index in [1.54, 1.807) is 12.1 Å². The summed E-state index contributed by atoms with van der Waals surface area (Å²) in [5.41, 5.74) is 3.48. The number of nitrogens with one attached hydrogen (secondary N) is 1. The molecule has 2 nitrogen and oxygen atoms in total. The van der Waals surface area contributed by atoms with Gasteiger partial charge in [-0.1, -0.05) is 50.1 Å². The molecule has 2 aromatic rings. The standard InChI is InChI=1S/C18H23NO/c1-3-4-10-18(15-8-6-5-7-9-15)19-17-12-11-16(20)13-14(17)2/h5-9,11-13,18-20H,3-4,10H2,1-2H3. The number of unbranched alkanes of at least 4 members (excludes halogenated alkanes) is 1. The van der Waals surface area contributed by atoms with Gasteiger partial charge in [-0.2, -0.15) is 0 Å². The first kappa shape index (κ1) is 14.4. The number of aryl methyl sites for hydroxylation is 1. The van der Waals surface area contributed by atoms with E-state index in [-0.39, 0.29) is 0 Å². The van der Waals surface area contributed by atoms with E-state index in [0.717, 1.165) is 17.7 Å². The molecule has 2 N–H and O–H groups in total. The number of hydrogen-bond acceptors (Lipinski definition) is 2. The van der Waals surface area contributed by atoms with Crippen molar-refractivity contribution in [1.82, 2.24) is 0 Å². The Labute approximate surface area is 121 Å². The SMILES string of the molecule is CCCCC(Nc1ccc(O)cc1C)c1ccccc1. The van der Waals surface area contributed by atoms with Crippen LogP contribution in [-0.4, -0.2) is 5.11 Å². The van der Waals surface area contributed by atoms with Gasteiger partial charge < -0.3 is 10.4 Å². The van der Waals surface area contributed by atoms with Gasteiger partial charge >= 0.3 is 0 Å². The summed E-state index contributed by atoms with van der Waals surface area (Å²) in [4.78, 5) is 0. The molecule has 0 radical (unpaired) electrons.